The van der Waals surface area contributed by atoms with E-state index < -0.39 is 0 Å². The van der Waals surface area contributed by atoms with Gasteiger partial charge in [-0.05, 0) is 28.1 Å². The summed E-state index contributed by atoms with van der Waals surface area (Å²) in [5.74, 6) is 0.491. The molecule has 0 unspecified atom stereocenters. The van der Waals surface area contributed by atoms with Crippen molar-refractivity contribution in [1.29, 1.82) is 0 Å². The highest BCUT2D eigenvalue weighted by atomic mass is 79.9. The van der Waals surface area contributed by atoms with Crippen LogP contribution in [0.2, 0.25) is 0 Å². The smallest absolute Gasteiger partial charge is 0.263 e. The van der Waals surface area contributed by atoms with Gasteiger partial charge in [-0.3, -0.25) is 4.79 Å². The topological polar surface area (TPSA) is 20.3 Å². The molecule has 0 N–H and O–H groups in total. The lowest BCUT2D eigenvalue weighted by molar-refractivity contribution is 0.0808. The van der Waals surface area contributed by atoms with Crippen molar-refractivity contribution in [2.45, 2.75) is 0 Å². The first-order valence-electron chi connectivity index (χ1n) is 3.72. The second-order valence-corrected chi connectivity index (χ2v) is 5.36. The minimum atomic E-state index is 0.0244. The molecule has 0 aromatic carbocycles. The van der Waals surface area contributed by atoms with E-state index in [0.29, 0.717) is 12.4 Å². The van der Waals surface area contributed by atoms with Gasteiger partial charge in [-0.25, -0.2) is 0 Å². The summed E-state index contributed by atoms with van der Waals surface area (Å²) >= 11 is 10.3. The molecule has 0 bridgehead atoms. The quantitative estimate of drug-likeness (QED) is 0.781. The third-order valence-electron chi connectivity index (χ3n) is 1.55. The Hall–Kier alpha value is -0.0600. The molecule has 5 heteroatoms. The Labute approximate surface area is 94.6 Å². The number of carbonyl (C=O) groups excluding carboxylic acids is 1. The van der Waals surface area contributed by atoms with Crippen LogP contribution >= 0.6 is 38.9 Å². The lowest BCUT2D eigenvalue weighted by Crippen LogP contribution is -2.27. The third kappa shape index (κ3) is 2.97. The van der Waals surface area contributed by atoms with Gasteiger partial charge in [0.2, 0.25) is 0 Å². The van der Waals surface area contributed by atoms with Crippen molar-refractivity contribution in [1.82, 2.24) is 4.90 Å². The van der Waals surface area contributed by atoms with Gasteiger partial charge in [-0.15, -0.1) is 22.9 Å². The molecule has 0 spiro atoms. The van der Waals surface area contributed by atoms with Crippen molar-refractivity contribution in [3.8, 4) is 0 Å². The normalized spacial score (nSPS) is 10.1. The number of carbonyl (C=O) groups is 1. The van der Waals surface area contributed by atoms with Crippen molar-refractivity contribution in [2.75, 3.05) is 19.5 Å². The molecule has 1 aromatic rings. The summed E-state index contributed by atoms with van der Waals surface area (Å²) in [5, 5.41) is 0. The van der Waals surface area contributed by atoms with Gasteiger partial charge in [0.25, 0.3) is 5.91 Å². The van der Waals surface area contributed by atoms with Crippen LogP contribution < -0.4 is 0 Å². The van der Waals surface area contributed by atoms with Crippen molar-refractivity contribution < 1.29 is 4.79 Å². The zero-order chi connectivity index (χ0) is 9.84. The maximum absolute atomic E-state index is 11.6. The summed E-state index contributed by atoms with van der Waals surface area (Å²) in [6, 6.07) is 3.67. The lowest BCUT2D eigenvalue weighted by Gasteiger charge is -2.13. The first kappa shape index (κ1) is 11.0. The van der Waals surface area contributed by atoms with E-state index in [1.165, 1.54) is 11.3 Å². The second-order valence-electron chi connectivity index (χ2n) is 2.52. The number of hydrogen-bond acceptors (Lipinski definition) is 2. The van der Waals surface area contributed by atoms with Gasteiger partial charge >= 0.3 is 0 Å². The number of nitrogens with zero attached hydrogens (tertiary/aromatic N) is 1. The van der Waals surface area contributed by atoms with E-state index >= 15 is 0 Å². The van der Waals surface area contributed by atoms with Gasteiger partial charge in [0.1, 0.15) is 0 Å². The largest absolute Gasteiger partial charge is 0.340 e. The Morgan fingerprint density at radius 3 is 2.85 bits per heavy atom. The molecule has 1 rings (SSSR count). The number of halogens is 2. The Morgan fingerprint density at radius 2 is 2.38 bits per heavy atom. The molecule has 13 heavy (non-hydrogen) atoms. The van der Waals surface area contributed by atoms with Crippen molar-refractivity contribution >= 4 is 44.8 Å². The van der Waals surface area contributed by atoms with Crippen LogP contribution in [0.15, 0.2) is 15.9 Å². The minimum Gasteiger partial charge on any atom is -0.340 e. The summed E-state index contributed by atoms with van der Waals surface area (Å²) in [4.78, 5) is 14.0. The van der Waals surface area contributed by atoms with E-state index in [-0.39, 0.29) is 5.91 Å². The summed E-state index contributed by atoms with van der Waals surface area (Å²) in [6.45, 7) is 0.579. The number of amides is 1. The van der Waals surface area contributed by atoms with Crippen LogP contribution in [0.3, 0.4) is 0 Å². The van der Waals surface area contributed by atoms with E-state index in [4.69, 9.17) is 11.6 Å². The molecule has 0 radical (unpaired) electrons. The fraction of sp³-hybridized carbons (Fsp3) is 0.375. The standard InChI is InChI=1S/C8H9BrClNOS/c1-11(5-4-10)8(12)6-2-3-7(9)13-6/h2-3H,4-5H2,1H3. The van der Waals surface area contributed by atoms with Crippen LogP contribution in [-0.2, 0) is 0 Å². The molecule has 72 valence electrons. The Kier molecular flexibility index (Phi) is 4.22. The van der Waals surface area contributed by atoms with Gasteiger partial charge in [0, 0.05) is 19.5 Å². The number of hydrogen-bond donors (Lipinski definition) is 0. The predicted molar refractivity (Wildman–Crippen MR) is 59.7 cm³/mol. The molecule has 1 amide bonds. The van der Waals surface area contributed by atoms with Gasteiger partial charge in [0.15, 0.2) is 0 Å². The molecule has 2 nitrogen and oxygen atoms in total. The van der Waals surface area contributed by atoms with Crippen LogP contribution in [0.1, 0.15) is 9.67 Å². The van der Waals surface area contributed by atoms with E-state index in [1.807, 2.05) is 12.1 Å². The van der Waals surface area contributed by atoms with E-state index in [1.54, 1.807) is 11.9 Å². The molecule has 1 aromatic heterocycles. The maximum Gasteiger partial charge on any atom is 0.263 e. The molecule has 1 heterocycles. The molecule has 0 saturated carbocycles. The Bertz CT molecular complexity index is 302. The second kappa shape index (κ2) is 4.98. The highest BCUT2D eigenvalue weighted by molar-refractivity contribution is 9.11. The Morgan fingerprint density at radius 1 is 1.69 bits per heavy atom. The predicted octanol–water partition coefficient (Wildman–Crippen LogP) is 2.82. The van der Waals surface area contributed by atoms with Gasteiger partial charge in [-0.2, -0.15) is 0 Å². The van der Waals surface area contributed by atoms with E-state index in [9.17, 15) is 4.79 Å². The fourth-order valence-corrected chi connectivity index (χ4v) is 2.48. The van der Waals surface area contributed by atoms with Crippen LogP contribution in [0.5, 0.6) is 0 Å². The lowest BCUT2D eigenvalue weighted by atomic mass is 10.4. The fourth-order valence-electron chi connectivity index (χ4n) is 0.846. The molecular weight excluding hydrogens is 274 g/mol. The van der Waals surface area contributed by atoms with Crippen LogP contribution in [0, 0.1) is 0 Å². The first-order valence-corrected chi connectivity index (χ1v) is 5.86. The van der Waals surface area contributed by atoms with Crippen molar-refractivity contribution in [2.24, 2.45) is 0 Å². The zero-order valence-corrected chi connectivity index (χ0v) is 10.2. The third-order valence-corrected chi connectivity index (χ3v) is 3.33. The number of alkyl halides is 1. The summed E-state index contributed by atoms with van der Waals surface area (Å²) in [5.41, 5.74) is 0. The molecule has 0 saturated heterocycles. The molecule has 0 atom stereocenters. The van der Waals surface area contributed by atoms with Gasteiger partial charge < -0.3 is 4.90 Å². The average molecular weight is 283 g/mol. The van der Waals surface area contributed by atoms with Crippen molar-refractivity contribution in [3.63, 3.8) is 0 Å². The summed E-state index contributed by atoms with van der Waals surface area (Å²) in [7, 11) is 1.75. The molecular formula is C8H9BrClNOS. The zero-order valence-electron chi connectivity index (χ0n) is 7.09. The Balaban J connectivity index is 2.67. The highest BCUT2D eigenvalue weighted by Crippen LogP contribution is 2.22. The molecule has 0 aliphatic carbocycles. The molecule has 0 fully saturated rings. The van der Waals surface area contributed by atoms with E-state index in [2.05, 4.69) is 15.9 Å². The van der Waals surface area contributed by atoms with Crippen LogP contribution in [0.4, 0.5) is 0 Å². The number of rotatable bonds is 3. The van der Waals surface area contributed by atoms with Crippen molar-refractivity contribution in [3.05, 3.63) is 20.8 Å². The number of thiophene rings is 1. The van der Waals surface area contributed by atoms with Gasteiger partial charge in [0.05, 0.1) is 8.66 Å². The average Bonchev–Trinajstić information content (AvgIpc) is 2.51. The summed E-state index contributed by atoms with van der Waals surface area (Å²) < 4.78 is 0.968. The minimum absolute atomic E-state index is 0.0244. The molecule has 0 aliphatic heterocycles. The SMILES string of the molecule is CN(CCCl)C(=O)c1ccc(Br)s1. The first-order chi connectivity index (χ1) is 6.15. The van der Waals surface area contributed by atoms with Gasteiger partial charge in [-0.1, -0.05) is 0 Å². The summed E-state index contributed by atoms with van der Waals surface area (Å²) in [6.07, 6.45) is 0. The highest BCUT2D eigenvalue weighted by Gasteiger charge is 2.12. The maximum atomic E-state index is 11.6. The van der Waals surface area contributed by atoms with Crippen LogP contribution in [0.25, 0.3) is 0 Å². The van der Waals surface area contributed by atoms with Crippen LogP contribution in [-0.4, -0.2) is 30.3 Å². The van der Waals surface area contributed by atoms with E-state index in [0.717, 1.165) is 8.66 Å². The monoisotopic (exact) mass is 281 g/mol. The molecule has 0 aliphatic rings.